The standard InChI is InChI=1S/C18H15NO5/c1-11-7-18(22)24-16-9-14(5-6-15(11)16)23-10-17(21)19-12-3-2-4-13(20)8-12/h2-9,20H,10H2,1H3,(H,19,21). The van der Waals surface area contributed by atoms with Crippen LogP contribution in [-0.2, 0) is 4.79 Å². The molecule has 1 aromatic heterocycles. The molecule has 1 heterocycles. The molecule has 0 atom stereocenters. The molecule has 6 nitrogen and oxygen atoms in total. The van der Waals surface area contributed by atoms with Crippen LogP contribution in [0.15, 0.2) is 57.7 Å². The van der Waals surface area contributed by atoms with Gasteiger partial charge < -0.3 is 19.6 Å². The predicted octanol–water partition coefficient (Wildman–Crippen LogP) is 2.82. The maximum Gasteiger partial charge on any atom is 0.336 e. The molecule has 0 saturated carbocycles. The number of phenolic OH excluding ortho intramolecular Hbond substituents is 1. The number of anilines is 1. The summed E-state index contributed by atoms with van der Waals surface area (Å²) in [6, 6.07) is 12.7. The van der Waals surface area contributed by atoms with E-state index < -0.39 is 5.63 Å². The Bertz CT molecular complexity index is 961. The summed E-state index contributed by atoms with van der Waals surface area (Å²) >= 11 is 0. The number of carbonyl (C=O) groups is 1. The number of aryl methyl sites for hydroxylation is 1. The van der Waals surface area contributed by atoms with E-state index in [2.05, 4.69) is 5.32 Å². The summed E-state index contributed by atoms with van der Waals surface area (Å²) in [6.45, 7) is 1.61. The van der Waals surface area contributed by atoms with E-state index in [0.717, 1.165) is 10.9 Å². The predicted molar refractivity (Wildman–Crippen MR) is 89.5 cm³/mol. The zero-order chi connectivity index (χ0) is 17.1. The second-order valence-electron chi connectivity index (χ2n) is 5.29. The average molecular weight is 325 g/mol. The normalized spacial score (nSPS) is 10.5. The molecule has 0 spiro atoms. The molecule has 0 fully saturated rings. The highest BCUT2D eigenvalue weighted by Crippen LogP contribution is 2.22. The number of carbonyl (C=O) groups excluding carboxylic acids is 1. The second-order valence-corrected chi connectivity index (χ2v) is 5.29. The second kappa shape index (κ2) is 6.45. The Morgan fingerprint density at radius 2 is 2.04 bits per heavy atom. The minimum absolute atomic E-state index is 0.0636. The van der Waals surface area contributed by atoms with Gasteiger partial charge in [0.1, 0.15) is 17.1 Å². The van der Waals surface area contributed by atoms with Gasteiger partial charge in [-0.3, -0.25) is 4.79 Å². The maximum atomic E-state index is 11.9. The number of amides is 1. The number of ether oxygens (including phenoxy) is 1. The van der Waals surface area contributed by atoms with Crippen molar-refractivity contribution in [3.05, 3.63) is 64.5 Å². The lowest BCUT2D eigenvalue weighted by atomic mass is 10.1. The summed E-state index contributed by atoms with van der Waals surface area (Å²) in [5, 5.41) is 12.8. The van der Waals surface area contributed by atoms with Crippen LogP contribution >= 0.6 is 0 Å². The molecule has 6 heteroatoms. The Kier molecular flexibility index (Phi) is 4.20. The fraction of sp³-hybridized carbons (Fsp3) is 0.111. The van der Waals surface area contributed by atoms with E-state index in [1.807, 2.05) is 6.92 Å². The van der Waals surface area contributed by atoms with Crippen LogP contribution in [0.3, 0.4) is 0 Å². The van der Waals surface area contributed by atoms with Gasteiger partial charge in [-0.15, -0.1) is 0 Å². The molecule has 24 heavy (non-hydrogen) atoms. The molecule has 3 aromatic rings. The first-order valence-corrected chi connectivity index (χ1v) is 7.27. The van der Waals surface area contributed by atoms with Crippen LogP contribution in [-0.4, -0.2) is 17.6 Å². The molecule has 0 radical (unpaired) electrons. The SMILES string of the molecule is Cc1cc(=O)oc2cc(OCC(=O)Nc3cccc(O)c3)ccc12. The summed E-state index contributed by atoms with van der Waals surface area (Å²) in [5.74, 6) is 0.113. The van der Waals surface area contributed by atoms with Gasteiger partial charge in [0, 0.05) is 29.3 Å². The van der Waals surface area contributed by atoms with E-state index in [4.69, 9.17) is 9.15 Å². The Morgan fingerprint density at radius 1 is 1.21 bits per heavy atom. The lowest BCUT2D eigenvalue weighted by Gasteiger charge is -2.08. The maximum absolute atomic E-state index is 11.9. The minimum Gasteiger partial charge on any atom is -0.508 e. The Hall–Kier alpha value is -3.28. The Labute approximate surface area is 137 Å². The van der Waals surface area contributed by atoms with Crippen molar-refractivity contribution in [1.82, 2.24) is 0 Å². The summed E-state index contributed by atoms with van der Waals surface area (Å²) in [7, 11) is 0. The molecule has 122 valence electrons. The van der Waals surface area contributed by atoms with Crippen LogP contribution in [0.25, 0.3) is 11.0 Å². The molecular weight excluding hydrogens is 310 g/mol. The van der Waals surface area contributed by atoms with Crippen LogP contribution in [0.1, 0.15) is 5.56 Å². The molecule has 3 rings (SSSR count). The number of nitrogens with one attached hydrogen (secondary N) is 1. The van der Waals surface area contributed by atoms with Gasteiger partial charge in [-0.2, -0.15) is 0 Å². The number of rotatable bonds is 4. The number of benzene rings is 2. The molecule has 2 aromatic carbocycles. The number of hydrogen-bond donors (Lipinski definition) is 2. The molecule has 0 unspecified atom stereocenters. The Morgan fingerprint density at radius 3 is 2.83 bits per heavy atom. The van der Waals surface area contributed by atoms with E-state index in [1.54, 1.807) is 30.3 Å². The third kappa shape index (κ3) is 3.55. The van der Waals surface area contributed by atoms with Gasteiger partial charge in [-0.25, -0.2) is 4.79 Å². The summed E-state index contributed by atoms with van der Waals surface area (Å²) in [6.07, 6.45) is 0. The van der Waals surface area contributed by atoms with Gasteiger partial charge >= 0.3 is 5.63 Å². The van der Waals surface area contributed by atoms with Gasteiger partial charge in [0.05, 0.1) is 0 Å². The smallest absolute Gasteiger partial charge is 0.336 e. The van der Waals surface area contributed by atoms with E-state index >= 15 is 0 Å². The van der Waals surface area contributed by atoms with Gasteiger partial charge in [0.2, 0.25) is 0 Å². The first-order valence-electron chi connectivity index (χ1n) is 7.27. The molecule has 0 bridgehead atoms. The van der Waals surface area contributed by atoms with Crippen molar-refractivity contribution in [3.8, 4) is 11.5 Å². The van der Waals surface area contributed by atoms with Gasteiger partial charge in [0.15, 0.2) is 6.61 Å². The van der Waals surface area contributed by atoms with Crippen molar-refractivity contribution >= 4 is 22.6 Å². The minimum atomic E-state index is -0.432. The zero-order valence-corrected chi connectivity index (χ0v) is 12.9. The van der Waals surface area contributed by atoms with Crippen molar-refractivity contribution in [2.45, 2.75) is 6.92 Å². The van der Waals surface area contributed by atoms with Crippen molar-refractivity contribution in [1.29, 1.82) is 0 Å². The van der Waals surface area contributed by atoms with E-state index in [9.17, 15) is 14.7 Å². The topological polar surface area (TPSA) is 88.8 Å². The summed E-state index contributed by atoms with van der Waals surface area (Å²) in [5.41, 5.74) is 1.27. The quantitative estimate of drug-likeness (QED) is 0.720. The molecule has 2 N–H and O–H groups in total. The lowest BCUT2D eigenvalue weighted by Crippen LogP contribution is -2.20. The number of aromatic hydroxyl groups is 1. The van der Waals surface area contributed by atoms with Crippen LogP contribution in [0.5, 0.6) is 11.5 Å². The molecular formula is C18H15NO5. The highest BCUT2D eigenvalue weighted by atomic mass is 16.5. The zero-order valence-electron chi connectivity index (χ0n) is 12.9. The first-order chi connectivity index (χ1) is 11.5. The molecule has 0 saturated heterocycles. The highest BCUT2D eigenvalue weighted by molar-refractivity contribution is 5.92. The summed E-state index contributed by atoms with van der Waals surface area (Å²) in [4.78, 5) is 23.3. The highest BCUT2D eigenvalue weighted by Gasteiger charge is 2.07. The summed E-state index contributed by atoms with van der Waals surface area (Å²) < 4.78 is 10.6. The van der Waals surface area contributed by atoms with Crippen LogP contribution in [0, 0.1) is 6.92 Å². The van der Waals surface area contributed by atoms with Crippen molar-refractivity contribution in [3.63, 3.8) is 0 Å². The third-order valence-corrected chi connectivity index (χ3v) is 3.42. The largest absolute Gasteiger partial charge is 0.508 e. The van der Waals surface area contributed by atoms with Crippen molar-refractivity contribution in [2.75, 3.05) is 11.9 Å². The van der Waals surface area contributed by atoms with Crippen molar-refractivity contribution in [2.24, 2.45) is 0 Å². The molecule has 1 amide bonds. The average Bonchev–Trinajstić information content (AvgIpc) is 2.52. The fourth-order valence-corrected chi connectivity index (χ4v) is 2.32. The molecule has 0 aliphatic rings. The van der Waals surface area contributed by atoms with Gasteiger partial charge in [-0.1, -0.05) is 6.07 Å². The van der Waals surface area contributed by atoms with Crippen LogP contribution in [0.2, 0.25) is 0 Å². The third-order valence-electron chi connectivity index (χ3n) is 3.42. The van der Waals surface area contributed by atoms with Gasteiger partial charge in [-0.05, 0) is 36.8 Å². The van der Waals surface area contributed by atoms with Crippen LogP contribution in [0.4, 0.5) is 5.69 Å². The number of hydrogen-bond acceptors (Lipinski definition) is 5. The monoisotopic (exact) mass is 325 g/mol. The number of fused-ring (bicyclic) bond motifs is 1. The van der Waals surface area contributed by atoms with Gasteiger partial charge in [0.25, 0.3) is 5.91 Å². The molecule has 0 aliphatic carbocycles. The van der Waals surface area contributed by atoms with Crippen molar-refractivity contribution < 1.29 is 19.1 Å². The lowest BCUT2D eigenvalue weighted by molar-refractivity contribution is -0.118. The van der Waals surface area contributed by atoms with Crippen LogP contribution < -0.4 is 15.7 Å². The first kappa shape index (κ1) is 15.6. The van der Waals surface area contributed by atoms with E-state index in [-0.39, 0.29) is 18.3 Å². The van der Waals surface area contributed by atoms with E-state index in [1.165, 1.54) is 18.2 Å². The fourth-order valence-electron chi connectivity index (χ4n) is 2.32. The molecule has 0 aliphatic heterocycles. The van der Waals surface area contributed by atoms with E-state index in [0.29, 0.717) is 17.0 Å². The Balaban J connectivity index is 1.69. The number of phenols is 1.